The highest BCUT2D eigenvalue weighted by Crippen LogP contribution is 2.23. The molecule has 0 saturated carbocycles. The summed E-state index contributed by atoms with van der Waals surface area (Å²) in [4.78, 5) is 11.8. The van der Waals surface area contributed by atoms with Crippen molar-refractivity contribution in [3.63, 3.8) is 0 Å². The van der Waals surface area contributed by atoms with Crippen molar-refractivity contribution in [2.75, 3.05) is 18.4 Å². The van der Waals surface area contributed by atoms with E-state index < -0.39 is 15.4 Å². The van der Waals surface area contributed by atoms with E-state index in [0.29, 0.717) is 18.8 Å². The highest BCUT2D eigenvalue weighted by molar-refractivity contribution is 7.89. The molecule has 0 heterocycles. The van der Waals surface area contributed by atoms with Gasteiger partial charge in [0.05, 0.1) is 4.90 Å². The van der Waals surface area contributed by atoms with Crippen LogP contribution in [0.3, 0.4) is 0 Å². The molecule has 1 rings (SSSR count). The number of amides is 1. The molecular formula is C14H21ClN2O3S. The van der Waals surface area contributed by atoms with E-state index in [4.69, 9.17) is 11.6 Å². The minimum atomic E-state index is -3.55. The molecule has 0 saturated heterocycles. The fraction of sp³-hybridized carbons (Fsp3) is 0.500. The summed E-state index contributed by atoms with van der Waals surface area (Å²) in [7, 11) is -3.55. The Balaban J connectivity index is 3.21. The molecule has 0 spiro atoms. The lowest BCUT2D eigenvalue weighted by Gasteiger charge is -2.19. The Morgan fingerprint density at radius 1 is 1.33 bits per heavy atom. The Bertz CT molecular complexity index is 611. The van der Waals surface area contributed by atoms with Gasteiger partial charge in [0.15, 0.2) is 0 Å². The lowest BCUT2D eigenvalue weighted by atomic mass is 10.2. The zero-order valence-corrected chi connectivity index (χ0v) is 14.3. The van der Waals surface area contributed by atoms with Gasteiger partial charge in [-0.1, -0.05) is 19.9 Å². The zero-order valence-electron chi connectivity index (χ0n) is 12.7. The summed E-state index contributed by atoms with van der Waals surface area (Å²) in [5.41, 5.74) is 1.24. The Morgan fingerprint density at radius 3 is 2.38 bits per heavy atom. The van der Waals surface area contributed by atoms with E-state index in [2.05, 4.69) is 5.32 Å². The molecule has 0 aliphatic carbocycles. The summed E-state index contributed by atoms with van der Waals surface area (Å²) in [6.07, 6.45) is 0. The number of carbonyl (C=O) groups excluding carboxylic acids is 1. The summed E-state index contributed by atoms with van der Waals surface area (Å²) < 4.78 is 26.3. The van der Waals surface area contributed by atoms with Crippen molar-refractivity contribution < 1.29 is 13.2 Å². The molecule has 1 amide bonds. The molecular weight excluding hydrogens is 312 g/mol. The monoisotopic (exact) mass is 332 g/mol. The predicted molar refractivity (Wildman–Crippen MR) is 85.2 cm³/mol. The summed E-state index contributed by atoms with van der Waals surface area (Å²) in [6, 6.07) is 4.69. The molecule has 1 atom stereocenters. The Labute approximate surface area is 131 Å². The van der Waals surface area contributed by atoms with Crippen LogP contribution in [-0.2, 0) is 14.8 Å². The van der Waals surface area contributed by atoms with Crippen LogP contribution in [0, 0.1) is 6.92 Å². The molecule has 5 nitrogen and oxygen atoms in total. The molecule has 0 aliphatic heterocycles. The van der Waals surface area contributed by atoms with Gasteiger partial charge in [-0.3, -0.25) is 4.79 Å². The Morgan fingerprint density at radius 2 is 1.90 bits per heavy atom. The molecule has 7 heteroatoms. The maximum absolute atomic E-state index is 12.5. The average Bonchev–Trinajstić information content (AvgIpc) is 2.41. The van der Waals surface area contributed by atoms with Crippen LogP contribution in [0.15, 0.2) is 23.1 Å². The van der Waals surface area contributed by atoms with E-state index in [0.717, 1.165) is 5.56 Å². The topological polar surface area (TPSA) is 66.5 Å². The van der Waals surface area contributed by atoms with Crippen LogP contribution in [0.1, 0.15) is 26.3 Å². The quantitative estimate of drug-likeness (QED) is 0.814. The summed E-state index contributed by atoms with van der Waals surface area (Å²) in [6.45, 7) is 7.71. The van der Waals surface area contributed by atoms with E-state index in [1.807, 2.05) is 0 Å². The van der Waals surface area contributed by atoms with Crippen molar-refractivity contribution in [1.29, 1.82) is 0 Å². The zero-order chi connectivity index (χ0) is 16.2. The maximum Gasteiger partial charge on any atom is 0.243 e. The lowest BCUT2D eigenvalue weighted by molar-refractivity contribution is -0.115. The van der Waals surface area contributed by atoms with Crippen LogP contribution in [0.4, 0.5) is 5.69 Å². The van der Waals surface area contributed by atoms with Gasteiger partial charge in [-0.2, -0.15) is 4.31 Å². The molecule has 1 aromatic carbocycles. The number of rotatable bonds is 6. The van der Waals surface area contributed by atoms with E-state index in [9.17, 15) is 13.2 Å². The highest BCUT2D eigenvalue weighted by Gasteiger charge is 2.22. The molecule has 1 aromatic rings. The molecule has 0 radical (unpaired) electrons. The molecule has 0 bridgehead atoms. The van der Waals surface area contributed by atoms with Gasteiger partial charge in [-0.05, 0) is 31.5 Å². The number of carbonyl (C=O) groups is 1. The van der Waals surface area contributed by atoms with Crippen LogP contribution in [0.25, 0.3) is 0 Å². The SMILES string of the molecule is CCN(CC)S(=O)(=O)c1ccc(C)c(NC(=O)C(C)Cl)c1. The fourth-order valence-corrected chi connectivity index (χ4v) is 3.38. The number of aryl methyl sites for hydroxylation is 1. The number of anilines is 1. The smallest absolute Gasteiger partial charge is 0.243 e. The predicted octanol–water partition coefficient (Wildman–Crippen LogP) is 2.59. The molecule has 0 aliphatic rings. The number of halogens is 1. The fourth-order valence-electron chi connectivity index (χ4n) is 1.84. The average molecular weight is 333 g/mol. The first-order valence-corrected chi connectivity index (χ1v) is 8.67. The highest BCUT2D eigenvalue weighted by atomic mass is 35.5. The van der Waals surface area contributed by atoms with Gasteiger partial charge in [0, 0.05) is 18.8 Å². The van der Waals surface area contributed by atoms with Gasteiger partial charge in [0.25, 0.3) is 0 Å². The van der Waals surface area contributed by atoms with Crippen LogP contribution in [0.2, 0.25) is 0 Å². The molecule has 21 heavy (non-hydrogen) atoms. The Hall–Kier alpha value is -1.11. The third-order valence-electron chi connectivity index (χ3n) is 3.17. The summed E-state index contributed by atoms with van der Waals surface area (Å²) in [5.74, 6) is -0.364. The van der Waals surface area contributed by atoms with Crippen molar-refractivity contribution in [1.82, 2.24) is 4.31 Å². The van der Waals surface area contributed by atoms with Gasteiger partial charge in [-0.15, -0.1) is 11.6 Å². The minimum Gasteiger partial charge on any atom is -0.325 e. The second-order valence-corrected chi connectivity index (χ2v) is 7.26. The standard InChI is InChI=1S/C14H21ClN2O3S/c1-5-17(6-2)21(19,20)12-8-7-10(3)13(9-12)16-14(18)11(4)15/h7-9,11H,5-6H2,1-4H3,(H,16,18). The number of hydrogen-bond donors (Lipinski definition) is 1. The first-order valence-electron chi connectivity index (χ1n) is 6.79. The maximum atomic E-state index is 12.5. The third-order valence-corrected chi connectivity index (χ3v) is 5.42. The van der Waals surface area contributed by atoms with Crippen molar-refractivity contribution >= 4 is 33.2 Å². The number of hydrogen-bond acceptors (Lipinski definition) is 3. The first kappa shape index (κ1) is 17.9. The number of benzene rings is 1. The molecule has 118 valence electrons. The van der Waals surface area contributed by atoms with Crippen LogP contribution in [0.5, 0.6) is 0 Å². The van der Waals surface area contributed by atoms with E-state index in [1.165, 1.54) is 10.4 Å². The van der Waals surface area contributed by atoms with Gasteiger partial charge >= 0.3 is 0 Å². The van der Waals surface area contributed by atoms with Crippen molar-refractivity contribution in [3.05, 3.63) is 23.8 Å². The first-order chi connectivity index (χ1) is 9.73. The number of sulfonamides is 1. The lowest BCUT2D eigenvalue weighted by Crippen LogP contribution is -2.30. The number of nitrogens with one attached hydrogen (secondary N) is 1. The number of alkyl halides is 1. The normalized spacial score (nSPS) is 13.2. The minimum absolute atomic E-state index is 0.161. The Kier molecular flexibility index (Phi) is 6.19. The number of nitrogens with zero attached hydrogens (tertiary/aromatic N) is 1. The van der Waals surface area contributed by atoms with Gasteiger partial charge in [0.2, 0.25) is 15.9 Å². The van der Waals surface area contributed by atoms with Crippen LogP contribution < -0.4 is 5.32 Å². The molecule has 1 unspecified atom stereocenters. The van der Waals surface area contributed by atoms with Crippen LogP contribution >= 0.6 is 11.6 Å². The second kappa shape index (κ2) is 7.24. The van der Waals surface area contributed by atoms with Gasteiger partial charge in [0.1, 0.15) is 5.38 Å². The molecule has 1 N–H and O–H groups in total. The molecule has 0 fully saturated rings. The van der Waals surface area contributed by atoms with E-state index in [-0.39, 0.29) is 10.8 Å². The van der Waals surface area contributed by atoms with Crippen LogP contribution in [-0.4, -0.2) is 37.1 Å². The summed E-state index contributed by atoms with van der Waals surface area (Å²) in [5, 5.41) is 1.96. The van der Waals surface area contributed by atoms with Crippen molar-refractivity contribution in [2.45, 2.75) is 38.0 Å². The second-order valence-electron chi connectivity index (χ2n) is 4.67. The van der Waals surface area contributed by atoms with Gasteiger partial charge < -0.3 is 5.32 Å². The third kappa shape index (κ3) is 4.18. The molecule has 0 aromatic heterocycles. The summed E-state index contributed by atoms with van der Waals surface area (Å²) >= 11 is 5.72. The largest absolute Gasteiger partial charge is 0.325 e. The van der Waals surface area contributed by atoms with Crippen molar-refractivity contribution in [3.8, 4) is 0 Å². The van der Waals surface area contributed by atoms with E-state index >= 15 is 0 Å². The van der Waals surface area contributed by atoms with Gasteiger partial charge in [-0.25, -0.2) is 8.42 Å². The van der Waals surface area contributed by atoms with Crippen molar-refractivity contribution in [2.24, 2.45) is 0 Å². The van der Waals surface area contributed by atoms with E-state index in [1.54, 1.807) is 39.8 Å².